The van der Waals surface area contributed by atoms with E-state index in [0.717, 1.165) is 12.0 Å². The molecule has 0 bridgehead atoms. The Morgan fingerprint density at radius 3 is 2.86 bits per heavy atom. The van der Waals surface area contributed by atoms with E-state index < -0.39 is 0 Å². The van der Waals surface area contributed by atoms with Crippen molar-refractivity contribution in [2.24, 2.45) is 0 Å². The van der Waals surface area contributed by atoms with Crippen LogP contribution >= 0.6 is 15.9 Å². The minimum atomic E-state index is -0.288. The molecule has 1 aliphatic heterocycles. The van der Waals surface area contributed by atoms with Gasteiger partial charge in [0, 0.05) is 6.42 Å². The molecule has 0 aromatic heterocycles. The van der Waals surface area contributed by atoms with Crippen LogP contribution in [0.1, 0.15) is 24.4 Å². The summed E-state index contributed by atoms with van der Waals surface area (Å²) in [6.07, 6.45) is 1.28. The van der Waals surface area contributed by atoms with E-state index >= 15 is 0 Å². The SMILES string of the molecule is O=C1CC[C@H](c2ccc(Br)c(F)c2)N1. The molecule has 0 radical (unpaired) electrons. The fraction of sp³-hybridized carbons (Fsp3) is 0.300. The lowest BCUT2D eigenvalue weighted by Gasteiger charge is -2.10. The minimum Gasteiger partial charge on any atom is -0.349 e. The van der Waals surface area contributed by atoms with Gasteiger partial charge in [-0.2, -0.15) is 0 Å². The number of hydrogen-bond donors (Lipinski definition) is 1. The summed E-state index contributed by atoms with van der Waals surface area (Å²) in [5.41, 5.74) is 0.830. The van der Waals surface area contributed by atoms with Crippen molar-refractivity contribution in [3.8, 4) is 0 Å². The van der Waals surface area contributed by atoms with Crippen molar-refractivity contribution in [1.29, 1.82) is 0 Å². The van der Waals surface area contributed by atoms with Gasteiger partial charge >= 0.3 is 0 Å². The molecule has 2 nitrogen and oxygen atoms in total. The highest BCUT2D eigenvalue weighted by Gasteiger charge is 2.22. The van der Waals surface area contributed by atoms with Gasteiger partial charge in [0.05, 0.1) is 10.5 Å². The van der Waals surface area contributed by atoms with Gasteiger partial charge in [-0.25, -0.2) is 4.39 Å². The van der Waals surface area contributed by atoms with Gasteiger partial charge in [0.15, 0.2) is 0 Å². The number of benzene rings is 1. The zero-order valence-corrected chi connectivity index (χ0v) is 8.97. The fourth-order valence-electron chi connectivity index (χ4n) is 1.59. The summed E-state index contributed by atoms with van der Waals surface area (Å²) in [5.74, 6) is -0.248. The first-order valence-electron chi connectivity index (χ1n) is 4.41. The summed E-state index contributed by atoms with van der Waals surface area (Å²) >= 11 is 3.09. The number of hydrogen-bond acceptors (Lipinski definition) is 1. The minimum absolute atomic E-state index is 0.0231. The molecule has 1 N–H and O–H groups in total. The smallest absolute Gasteiger partial charge is 0.220 e. The summed E-state index contributed by atoms with van der Waals surface area (Å²) in [7, 11) is 0. The van der Waals surface area contributed by atoms with Gasteiger partial charge in [-0.3, -0.25) is 4.79 Å². The molecule has 74 valence electrons. The summed E-state index contributed by atoms with van der Waals surface area (Å²) in [4.78, 5) is 11.0. The van der Waals surface area contributed by atoms with Crippen LogP contribution < -0.4 is 5.32 Å². The maximum atomic E-state index is 13.2. The van der Waals surface area contributed by atoms with Gasteiger partial charge in [0.2, 0.25) is 5.91 Å². The number of halogens is 2. The van der Waals surface area contributed by atoms with Crippen molar-refractivity contribution in [2.45, 2.75) is 18.9 Å². The van der Waals surface area contributed by atoms with Crippen LogP contribution in [0, 0.1) is 5.82 Å². The molecule has 1 saturated heterocycles. The number of carbonyl (C=O) groups is 1. The molecule has 1 aromatic rings. The molecule has 4 heteroatoms. The Kier molecular flexibility index (Phi) is 2.54. The highest BCUT2D eigenvalue weighted by Crippen LogP contribution is 2.26. The van der Waals surface area contributed by atoms with Crippen molar-refractivity contribution in [2.75, 3.05) is 0 Å². The average Bonchev–Trinajstić information content (AvgIpc) is 2.57. The first-order valence-corrected chi connectivity index (χ1v) is 5.20. The van der Waals surface area contributed by atoms with E-state index in [9.17, 15) is 9.18 Å². The summed E-state index contributed by atoms with van der Waals surface area (Å²) in [5, 5.41) is 2.80. The summed E-state index contributed by atoms with van der Waals surface area (Å²) in [6.45, 7) is 0. The van der Waals surface area contributed by atoms with E-state index in [2.05, 4.69) is 21.2 Å². The predicted molar refractivity (Wildman–Crippen MR) is 54.2 cm³/mol. The van der Waals surface area contributed by atoms with Crippen LogP contribution in [0.2, 0.25) is 0 Å². The molecular formula is C10H9BrFNO. The lowest BCUT2D eigenvalue weighted by Crippen LogP contribution is -2.18. The third kappa shape index (κ3) is 1.80. The highest BCUT2D eigenvalue weighted by atomic mass is 79.9. The molecular weight excluding hydrogens is 249 g/mol. The number of rotatable bonds is 1. The molecule has 0 spiro atoms. The Morgan fingerprint density at radius 1 is 1.50 bits per heavy atom. The average molecular weight is 258 g/mol. The van der Waals surface area contributed by atoms with Gasteiger partial charge in [0.1, 0.15) is 5.82 Å². The first-order chi connectivity index (χ1) is 6.66. The molecule has 1 fully saturated rings. The Bertz CT molecular complexity index is 380. The second-order valence-electron chi connectivity index (χ2n) is 3.33. The van der Waals surface area contributed by atoms with Crippen LogP contribution in [0.4, 0.5) is 4.39 Å². The van der Waals surface area contributed by atoms with Gasteiger partial charge in [-0.05, 0) is 40.0 Å². The molecule has 2 rings (SSSR count). The number of amides is 1. The van der Waals surface area contributed by atoms with Crippen molar-refractivity contribution in [1.82, 2.24) is 5.32 Å². The topological polar surface area (TPSA) is 29.1 Å². The second kappa shape index (κ2) is 3.69. The van der Waals surface area contributed by atoms with Crippen LogP contribution in [0.5, 0.6) is 0 Å². The van der Waals surface area contributed by atoms with Crippen molar-refractivity contribution in [3.63, 3.8) is 0 Å². The first kappa shape index (κ1) is 9.65. The Hall–Kier alpha value is -0.900. The summed E-state index contributed by atoms with van der Waals surface area (Å²) in [6, 6.07) is 4.92. The van der Waals surface area contributed by atoms with Crippen molar-refractivity contribution < 1.29 is 9.18 Å². The lowest BCUT2D eigenvalue weighted by molar-refractivity contribution is -0.119. The van der Waals surface area contributed by atoms with Gasteiger partial charge < -0.3 is 5.32 Å². The van der Waals surface area contributed by atoms with E-state index in [0.29, 0.717) is 10.9 Å². The van der Waals surface area contributed by atoms with Gasteiger partial charge in [-0.1, -0.05) is 6.07 Å². The zero-order valence-electron chi connectivity index (χ0n) is 7.39. The van der Waals surface area contributed by atoms with E-state index in [-0.39, 0.29) is 17.8 Å². The molecule has 1 heterocycles. The maximum Gasteiger partial charge on any atom is 0.220 e. The molecule has 1 amide bonds. The largest absolute Gasteiger partial charge is 0.349 e. The summed E-state index contributed by atoms with van der Waals surface area (Å²) < 4.78 is 13.6. The van der Waals surface area contributed by atoms with Crippen molar-refractivity contribution >= 4 is 21.8 Å². The van der Waals surface area contributed by atoms with E-state index in [4.69, 9.17) is 0 Å². The Morgan fingerprint density at radius 2 is 2.29 bits per heavy atom. The monoisotopic (exact) mass is 257 g/mol. The number of carbonyl (C=O) groups excluding carboxylic acids is 1. The molecule has 1 aromatic carbocycles. The van der Waals surface area contributed by atoms with Crippen LogP contribution in [0.25, 0.3) is 0 Å². The van der Waals surface area contributed by atoms with Crippen molar-refractivity contribution in [3.05, 3.63) is 34.1 Å². The molecule has 14 heavy (non-hydrogen) atoms. The third-order valence-corrected chi connectivity index (χ3v) is 2.98. The number of nitrogens with one attached hydrogen (secondary N) is 1. The van der Waals surface area contributed by atoms with Crippen LogP contribution in [-0.2, 0) is 4.79 Å². The Balaban J connectivity index is 2.24. The van der Waals surface area contributed by atoms with Crippen LogP contribution in [-0.4, -0.2) is 5.91 Å². The van der Waals surface area contributed by atoms with E-state index in [1.807, 2.05) is 6.07 Å². The lowest BCUT2D eigenvalue weighted by atomic mass is 10.1. The Labute approximate surface area is 89.6 Å². The molecule has 1 aliphatic rings. The van der Waals surface area contributed by atoms with E-state index in [1.54, 1.807) is 6.07 Å². The standard InChI is InChI=1S/C10H9BrFNO/c11-7-2-1-6(5-8(7)12)9-3-4-10(14)13-9/h1-2,5,9H,3-4H2,(H,13,14)/t9-/m1/s1. The van der Waals surface area contributed by atoms with Crippen LogP contribution in [0.3, 0.4) is 0 Å². The molecule has 0 aliphatic carbocycles. The maximum absolute atomic E-state index is 13.2. The third-order valence-electron chi connectivity index (χ3n) is 2.34. The van der Waals surface area contributed by atoms with Crippen LogP contribution in [0.15, 0.2) is 22.7 Å². The molecule has 0 saturated carbocycles. The van der Waals surface area contributed by atoms with E-state index in [1.165, 1.54) is 6.07 Å². The zero-order chi connectivity index (χ0) is 10.1. The molecule has 1 atom stereocenters. The normalized spacial score (nSPS) is 21.0. The van der Waals surface area contributed by atoms with Gasteiger partial charge in [0.25, 0.3) is 0 Å². The predicted octanol–water partition coefficient (Wildman–Crippen LogP) is 2.54. The second-order valence-corrected chi connectivity index (χ2v) is 4.19. The fourth-order valence-corrected chi connectivity index (χ4v) is 1.84. The van der Waals surface area contributed by atoms with Gasteiger partial charge in [-0.15, -0.1) is 0 Å². The highest BCUT2D eigenvalue weighted by molar-refractivity contribution is 9.10. The quantitative estimate of drug-likeness (QED) is 0.824. The molecule has 0 unspecified atom stereocenters.